The Morgan fingerprint density at radius 1 is 1.20 bits per heavy atom. The van der Waals surface area contributed by atoms with E-state index >= 15 is 0 Å². The first-order valence-corrected chi connectivity index (χ1v) is 7.85. The van der Waals surface area contributed by atoms with Gasteiger partial charge < -0.3 is 4.74 Å². The van der Waals surface area contributed by atoms with Gasteiger partial charge in [0.05, 0.1) is 6.61 Å². The Morgan fingerprint density at radius 2 is 1.85 bits per heavy atom. The Bertz CT molecular complexity index is 347. The van der Waals surface area contributed by atoms with Crippen molar-refractivity contribution in [3.63, 3.8) is 0 Å². The molecule has 0 amide bonds. The van der Waals surface area contributed by atoms with E-state index in [0.29, 0.717) is 12.5 Å². The van der Waals surface area contributed by atoms with Crippen LogP contribution in [0.1, 0.15) is 65.7 Å². The molecule has 114 valence electrons. The van der Waals surface area contributed by atoms with Crippen molar-refractivity contribution in [1.82, 2.24) is 0 Å². The molecule has 1 atom stereocenters. The maximum absolute atomic E-state index is 11.8. The van der Waals surface area contributed by atoms with Gasteiger partial charge in [0.15, 0.2) is 0 Å². The number of esters is 1. The van der Waals surface area contributed by atoms with E-state index in [1.807, 2.05) is 0 Å². The van der Waals surface area contributed by atoms with Gasteiger partial charge in [0, 0.05) is 5.92 Å². The van der Waals surface area contributed by atoms with E-state index in [2.05, 4.69) is 26.8 Å². The van der Waals surface area contributed by atoms with Crippen LogP contribution in [0.2, 0.25) is 0 Å². The average Bonchev–Trinajstić information content (AvgIpc) is 2.91. The van der Waals surface area contributed by atoms with Crippen LogP contribution in [-0.2, 0) is 14.3 Å². The van der Waals surface area contributed by atoms with Crippen molar-refractivity contribution in [3.05, 3.63) is 11.6 Å². The molecule has 1 rings (SSSR count). The quantitative estimate of drug-likeness (QED) is 0.382. The number of carbonyl (C=O) groups excluding carboxylic acids is 2. The summed E-state index contributed by atoms with van der Waals surface area (Å²) in [6.45, 7) is 6.72. The van der Waals surface area contributed by atoms with Crippen molar-refractivity contribution < 1.29 is 14.3 Å². The van der Waals surface area contributed by atoms with Gasteiger partial charge in [-0.3, -0.25) is 4.79 Å². The van der Waals surface area contributed by atoms with Crippen LogP contribution in [0.5, 0.6) is 0 Å². The van der Waals surface area contributed by atoms with Crippen molar-refractivity contribution in [2.75, 3.05) is 6.61 Å². The van der Waals surface area contributed by atoms with Gasteiger partial charge in [0.2, 0.25) is 5.78 Å². The minimum absolute atomic E-state index is 0.0717. The number of Topliss-reactive ketones (excluding diaryl/α,β-unsaturated/α-hetero) is 1. The normalized spacial score (nSPS) is 16.8. The molecule has 0 aromatic carbocycles. The molecule has 0 aromatic heterocycles. The minimum atomic E-state index is -0.617. The highest BCUT2D eigenvalue weighted by Crippen LogP contribution is 2.25. The highest BCUT2D eigenvalue weighted by molar-refractivity contribution is 6.34. The zero-order valence-corrected chi connectivity index (χ0v) is 13.1. The van der Waals surface area contributed by atoms with Crippen LogP contribution in [0, 0.1) is 11.8 Å². The number of allylic oxidation sites excluding steroid dienone is 2. The van der Waals surface area contributed by atoms with E-state index in [9.17, 15) is 9.59 Å². The lowest BCUT2D eigenvalue weighted by Gasteiger charge is -2.11. The molecule has 0 spiro atoms. The standard InChI is InChI=1S/C17H28O3/c1-13(2)7-6-8-14(3)11-12-20-17(19)16(18)15-9-4-5-10-15/h7,14-15H,4-6,8-12H2,1-3H3. The predicted octanol–water partition coefficient (Wildman–Crippen LogP) is 4.06. The third-order valence-electron chi connectivity index (χ3n) is 3.98. The molecule has 0 aliphatic heterocycles. The summed E-state index contributed by atoms with van der Waals surface area (Å²) in [4.78, 5) is 23.4. The molecule has 0 bridgehead atoms. The zero-order valence-electron chi connectivity index (χ0n) is 13.1. The molecule has 1 unspecified atom stereocenters. The smallest absolute Gasteiger partial charge is 0.374 e. The summed E-state index contributed by atoms with van der Waals surface area (Å²) >= 11 is 0. The third kappa shape index (κ3) is 6.36. The molecule has 0 aromatic rings. The SMILES string of the molecule is CC(C)=CCCC(C)CCOC(=O)C(=O)C1CCCC1. The molecule has 0 heterocycles. The summed E-state index contributed by atoms with van der Waals surface area (Å²) < 4.78 is 5.11. The van der Waals surface area contributed by atoms with Gasteiger partial charge in [-0.15, -0.1) is 0 Å². The first-order chi connectivity index (χ1) is 9.50. The Kier molecular flexibility index (Phi) is 7.56. The molecule has 1 aliphatic rings. The second-order valence-corrected chi connectivity index (χ2v) is 6.23. The van der Waals surface area contributed by atoms with Crippen LogP contribution in [0.25, 0.3) is 0 Å². The Morgan fingerprint density at radius 3 is 2.45 bits per heavy atom. The number of ketones is 1. The maximum atomic E-state index is 11.8. The van der Waals surface area contributed by atoms with Crippen molar-refractivity contribution in [1.29, 1.82) is 0 Å². The molecule has 1 saturated carbocycles. The number of carbonyl (C=O) groups is 2. The van der Waals surface area contributed by atoms with Crippen molar-refractivity contribution in [2.24, 2.45) is 11.8 Å². The Hall–Kier alpha value is -1.12. The van der Waals surface area contributed by atoms with Crippen LogP contribution in [0.4, 0.5) is 0 Å². The summed E-state index contributed by atoms with van der Waals surface area (Å²) in [6.07, 6.45) is 9.06. The third-order valence-corrected chi connectivity index (χ3v) is 3.98. The molecular formula is C17H28O3. The van der Waals surface area contributed by atoms with E-state index in [4.69, 9.17) is 4.74 Å². The highest BCUT2D eigenvalue weighted by Gasteiger charge is 2.29. The summed E-state index contributed by atoms with van der Waals surface area (Å²) in [7, 11) is 0. The number of hydrogen-bond donors (Lipinski definition) is 0. The van der Waals surface area contributed by atoms with E-state index < -0.39 is 5.97 Å². The molecular weight excluding hydrogens is 252 g/mol. The van der Waals surface area contributed by atoms with Gasteiger partial charge in [-0.05, 0) is 51.9 Å². The molecule has 20 heavy (non-hydrogen) atoms. The number of ether oxygens (including phenoxy) is 1. The zero-order chi connectivity index (χ0) is 15.0. The molecule has 3 heteroatoms. The van der Waals surface area contributed by atoms with Gasteiger partial charge in [0.1, 0.15) is 0 Å². The fourth-order valence-corrected chi connectivity index (χ4v) is 2.58. The van der Waals surface area contributed by atoms with E-state index in [1.165, 1.54) is 5.57 Å². The topological polar surface area (TPSA) is 43.4 Å². The molecule has 0 saturated heterocycles. The molecule has 3 nitrogen and oxygen atoms in total. The van der Waals surface area contributed by atoms with Gasteiger partial charge >= 0.3 is 5.97 Å². The lowest BCUT2D eigenvalue weighted by molar-refractivity contribution is -0.155. The van der Waals surface area contributed by atoms with E-state index in [1.54, 1.807) is 0 Å². The molecule has 1 aliphatic carbocycles. The first kappa shape index (κ1) is 16.9. The first-order valence-electron chi connectivity index (χ1n) is 7.85. The molecule has 0 N–H and O–H groups in total. The van der Waals surface area contributed by atoms with Crippen LogP contribution in [0.3, 0.4) is 0 Å². The second-order valence-electron chi connectivity index (χ2n) is 6.23. The second kappa shape index (κ2) is 8.93. The van der Waals surface area contributed by atoms with Crippen molar-refractivity contribution >= 4 is 11.8 Å². The van der Waals surface area contributed by atoms with Gasteiger partial charge in [-0.25, -0.2) is 4.79 Å². The van der Waals surface area contributed by atoms with Crippen LogP contribution in [-0.4, -0.2) is 18.4 Å². The predicted molar refractivity (Wildman–Crippen MR) is 80.4 cm³/mol. The number of hydrogen-bond acceptors (Lipinski definition) is 3. The van der Waals surface area contributed by atoms with Gasteiger partial charge in [-0.2, -0.15) is 0 Å². The summed E-state index contributed by atoms with van der Waals surface area (Å²) in [6, 6.07) is 0. The van der Waals surface area contributed by atoms with Crippen LogP contribution in [0.15, 0.2) is 11.6 Å². The lowest BCUT2D eigenvalue weighted by Crippen LogP contribution is -2.24. The monoisotopic (exact) mass is 280 g/mol. The summed E-state index contributed by atoms with van der Waals surface area (Å²) in [5, 5.41) is 0. The van der Waals surface area contributed by atoms with Crippen LogP contribution >= 0.6 is 0 Å². The highest BCUT2D eigenvalue weighted by atomic mass is 16.5. The van der Waals surface area contributed by atoms with Gasteiger partial charge in [0.25, 0.3) is 0 Å². The van der Waals surface area contributed by atoms with Crippen LogP contribution < -0.4 is 0 Å². The summed E-state index contributed by atoms with van der Waals surface area (Å²) in [5.41, 5.74) is 1.34. The fourth-order valence-electron chi connectivity index (χ4n) is 2.58. The van der Waals surface area contributed by atoms with Crippen molar-refractivity contribution in [3.8, 4) is 0 Å². The van der Waals surface area contributed by atoms with Gasteiger partial charge in [-0.1, -0.05) is 31.4 Å². The minimum Gasteiger partial charge on any atom is -0.460 e. The molecule has 0 radical (unpaired) electrons. The maximum Gasteiger partial charge on any atom is 0.374 e. The Labute approximate surface area is 122 Å². The average molecular weight is 280 g/mol. The van der Waals surface area contributed by atoms with E-state index in [0.717, 1.165) is 44.9 Å². The molecule has 1 fully saturated rings. The fraction of sp³-hybridized carbons (Fsp3) is 0.765. The lowest BCUT2D eigenvalue weighted by atomic mass is 10.0. The summed E-state index contributed by atoms with van der Waals surface area (Å²) in [5.74, 6) is -0.481. The number of rotatable bonds is 8. The van der Waals surface area contributed by atoms with E-state index in [-0.39, 0.29) is 11.7 Å². The largest absolute Gasteiger partial charge is 0.460 e. The van der Waals surface area contributed by atoms with Crippen molar-refractivity contribution in [2.45, 2.75) is 65.7 Å². The Balaban J connectivity index is 2.14.